The van der Waals surface area contributed by atoms with Crippen LogP contribution in [-0.4, -0.2) is 6.54 Å². The molecule has 2 nitrogen and oxygen atoms in total. The van der Waals surface area contributed by atoms with Gasteiger partial charge in [-0.05, 0) is 48.9 Å². The van der Waals surface area contributed by atoms with Crippen molar-refractivity contribution in [3.63, 3.8) is 0 Å². The lowest BCUT2D eigenvalue weighted by molar-refractivity contribution is 0.313. The smallest absolute Gasteiger partial charge is 0.0352 e. The summed E-state index contributed by atoms with van der Waals surface area (Å²) in [7, 11) is 0. The van der Waals surface area contributed by atoms with Crippen molar-refractivity contribution in [1.82, 2.24) is 5.32 Å². The lowest BCUT2D eigenvalue weighted by atomic mass is 9.78. The van der Waals surface area contributed by atoms with Crippen LogP contribution in [0.25, 0.3) is 0 Å². The fourth-order valence-corrected chi connectivity index (χ4v) is 2.97. The molecule has 0 aromatic heterocycles. The topological polar surface area (TPSA) is 38.0 Å². The van der Waals surface area contributed by atoms with Crippen LogP contribution in [0, 0.1) is 5.92 Å². The highest BCUT2D eigenvalue weighted by molar-refractivity contribution is 5.53. The second-order valence-corrected chi connectivity index (χ2v) is 5.05. The number of hydrogen-bond donors (Lipinski definition) is 2. The highest BCUT2D eigenvalue weighted by Crippen LogP contribution is 2.38. The van der Waals surface area contributed by atoms with Crippen molar-refractivity contribution in [1.29, 1.82) is 0 Å². The van der Waals surface area contributed by atoms with Crippen LogP contribution in [0.2, 0.25) is 0 Å². The van der Waals surface area contributed by atoms with Crippen molar-refractivity contribution in [2.45, 2.75) is 45.6 Å². The van der Waals surface area contributed by atoms with Crippen LogP contribution in [0.15, 0.2) is 18.2 Å². The molecule has 2 rings (SSSR count). The van der Waals surface area contributed by atoms with Gasteiger partial charge >= 0.3 is 0 Å². The maximum Gasteiger partial charge on any atom is 0.0352 e. The standard InChI is InChI=1S/C15H24N2/c1-3-10-17-15-11(4-2)8-9-12-13(15)6-5-7-14(12)16/h5-7,11,15,17H,3-4,8-10,16H2,1-2H3. The van der Waals surface area contributed by atoms with Crippen LogP contribution >= 0.6 is 0 Å². The van der Waals surface area contributed by atoms with E-state index >= 15 is 0 Å². The molecule has 0 aliphatic heterocycles. The molecule has 0 amide bonds. The Labute approximate surface area is 105 Å². The van der Waals surface area contributed by atoms with Gasteiger partial charge in [-0.2, -0.15) is 0 Å². The molecule has 2 heteroatoms. The molecule has 0 saturated carbocycles. The molecule has 1 aliphatic carbocycles. The first-order chi connectivity index (χ1) is 8.27. The largest absolute Gasteiger partial charge is 0.398 e. The van der Waals surface area contributed by atoms with Gasteiger partial charge in [0.25, 0.3) is 0 Å². The Morgan fingerprint density at radius 3 is 2.88 bits per heavy atom. The molecule has 0 saturated heterocycles. The quantitative estimate of drug-likeness (QED) is 0.782. The maximum atomic E-state index is 6.09. The number of nitrogens with one attached hydrogen (secondary N) is 1. The number of rotatable bonds is 4. The Morgan fingerprint density at radius 1 is 1.35 bits per heavy atom. The number of nitrogen functional groups attached to an aromatic ring is 1. The van der Waals surface area contributed by atoms with E-state index in [4.69, 9.17) is 5.73 Å². The minimum atomic E-state index is 0.507. The molecule has 3 N–H and O–H groups in total. The lowest BCUT2D eigenvalue weighted by Gasteiger charge is -2.34. The van der Waals surface area contributed by atoms with E-state index in [9.17, 15) is 0 Å². The molecule has 2 atom stereocenters. The molecular formula is C15H24N2. The van der Waals surface area contributed by atoms with E-state index in [2.05, 4.69) is 31.3 Å². The third-order valence-electron chi connectivity index (χ3n) is 3.96. The van der Waals surface area contributed by atoms with E-state index < -0.39 is 0 Å². The highest BCUT2D eigenvalue weighted by atomic mass is 14.9. The second kappa shape index (κ2) is 5.54. The summed E-state index contributed by atoms with van der Waals surface area (Å²) >= 11 is 0. The van der Waals surface area contributed by atoms with Gasteiger partial charge in [0.1, 0.15) is 0 Å². The van der Waals surface area contributed by atoms with Gasteiger partial charge < -0.3 is 11.1 Å². The number of fused-ring (bicyclic) bond motifs is 1. The number of hydrogen-bond acceptors (Lipinski definition) is 2. The Hall–Kier alpha value is -1.02. The molecule has 2 unspecified atom stereocenters. The Bertz CT molecular complexity index is 373. The summed E-state index contributed by atoms with van der Waals surface area (Å²) in [5.74, 6) is 0.760. The van der Waals surface area contributed by atoms with Crippen molar-refractivity contribution >= 4 is 5.69 Å². The first-order valence-electron chi connectivity index (χ1n) is 6.88. The summed E-state index contributed by atoms with van der Waals surface area (Å²) in [5, 5.41) is 3.70. The summed E-state index contributed by atoms with van der Waals surface area (Å²) in [6.07, 6.45) is 4.84. The average Bonchev–Trinajstić information content (AvgIpc) is 2.36. The third-order valence-corrected chi connectivity index (χ3v) is 3.96. The molecule has 1 aromatic carbocycles. The minimum Gasteiger partial charge on any atom is -0.398 e. The van der Waals surface area contributed by atoms with E-state index in [1.54, 1.807) is 0 Å². The van der Waals surface area contributed by atoms with E-state index in [1.807, 2.05) is 6.07 Å². The van der Waals surface area contributed by atoms with Crippen LogP contribution in [0.4, 0.5) is 5.69 Å². The van der Waals surface area contributed by atoms with Crippen LogP contribution in [-0.2, 0) is 6.42 Å². The Kier molecular flexibility index (Phi) is 4.06. The van der Waals surface area contributed by atoms with Crippen molar-refractivity contribution in [3.05, 3.63) is 29.3 Å². The van der Waals surface area contributed by atoms with Crippen molar-refractivity contribution in [2.24, 2.45) is 5.92 Å². The molecule has 0 bridgehead atoms. The predicted octanol–water partition coefficient (Wildman–Crippen LogP) is 3.28. The van der Waals surface area contributed by atoms with Crippen molar-refractivity contribution in [2.75, 3.05) is 12.3 Å². The monoisotopic (exact) mass is 232 g/mol. The first-order valence-corrected chi connectivity index (χ1v) is 6.88. The Balaban J connectivity index is 2.29. The molecule has 94 valence electrons. The van der Waals surface area contributed by atoms with Gasteiger partial charge in [0.05, 0.1) is 0 Å². The third kappa shape index (κ3) is 2.47. The molecular weight excluding hydrogens is 208 g/mol. The SMILES string of the molecule is CCCNC1c2cccc(N)c2CCC1CC. The fourth-order valence-electron chi connectivity index (χ4n) is 2.97. The summed E-state index contributed by atoms with van der Waals surface area (Å²) in [6, 6.07) is 6.88. The van der Waals surface area contributed by atoms with Crippen LogP contribution in [0.3, 0.4) is 0 Å². The van der Waals surface area contributed by atoms with E-state index in [-0.39, 0.29) is 0 Å². The molecule has 0 radical (unpaired) electrons. The predicted molar refractivity (Wildman–Crippen MR) is 74.0 cm³/mol. The lowest BCUT2D eigenvalue weighted by Crippen LogP contribution is -2.33. The van der Waals surface area contributed by atoms with Gasteiger partial charge in [0, 0.05) is 11.7 Å². The van der Waals surface area contributed by atoms with Crippen LogP contribution in [0.5, 0.6) is 0 Å². The molecule has 0 heterocycles. The van der Waals surface area contributed by atoms with Gasteiger partial charge in [-0.15, -0.1) is 0 Å². The summed E-state index contributed by atoms with van der Waals surface area (Å²) in [4.78, 5) is 0. The molecule has 0 spiro atoms. The van der Waals surface area contributed by atoms with Crippen LogP contribution in [0.1, 0.15) is 50.3 Å². The minimum absolute atomic E-state index is 0.507. The van der Waals surface area contributed by atoms with Crippen molar-refractivity contribution < 1.29 is 0 Å². The van der Waals surface area contributed by atoms with E-state index in [1.165, 1.54) is 30.4 Å². The van der Waals surface area contributed by atoms with Gasteiger partial charge in [-0.3, -0.25) is 0 Å². The zero-order valence-electron chi connectivity index (χ0n) is 11.0. The zero-order chi connectivity index (χ0) is 12.3. The van der Waals surface area contributed by atoms with Gasteiger partial charge in [-0.25, -0.2) is 0 Å². The molecule has 1 aliphatic rings. The average molecular weight is 232 g/mol. The first kappa shape index (κ1) is 12.4. The van der Waals surface area contributed by atoms with Crippen LogP contribution < -0.4 is 11.1 Å². The summed E-state index contributed by atoms with van der Waals surface area (Å²) in [5.41, 5.74) is 9.89. The number of nitrogens with two attached hydrogens (primary N) is 1. The molecule has 17 heavy (non-hydrogen) atoms. The second-order valence-electron chi connectivity index (χ2n) is 5.05. The van der Waals surface area contributed by atoms with Crippen molar-refractivity contribution in [3.8, 4) is 0 Å². The maximum absolute atomic E-state index is 6.09. The Morgan fingerprint density at radius 2 is 2.18 bits per heavy atom. The summed E-state index contributed by atoms with van der Waals surface area (Å²) < 4.78 is 0. The fraction of sp³-hybridized carbons (Fsp3) is 0.600. The number of anilines is 1. The number of benzene rings is 1. The van der Waals surface area contributed by atoms with Gasteiger partial charge in [0.2, 0.25) is 0 Å². The molecule has 0 fully saturated rings. The van der Waals surface area contributed by atoms with Gasteiger partial charge in [-0.1, -0.05) is 32.4 Å². The van der Waals surface area contributed by atoms with E-state index in [0.29, 0.717) is 6.04 Å². The van der Waals surface area contributed by atoms with E-state index in [0.717, 1.165) is 24.6 Å². The van der Waals surface area contributed by atoms with Gasteiger partial charge in [0.15, 0.2) is 0 Å². The zero-order valence-corrected chi connectivity index (χ0v) is 11.0. The molecule has 1 aromatic rings. The normalized spacial score (nSPS) is 23.4. The summed E-state index contributed by atoms with van der Waals surface area (Å²) in [6.45, 7) is 5.61. The highest BCUT2D eigenvalue weighted by Gasteiger charge is 2.28.